The van der Waals surface area contributed by atoms with Gasteiger partial charge in [-0.05, 0) is 23.6 Å². The average molecular weight is 233 g/mol. The second-order valence-corrected chi connectivity index (χ2v) is 7.33. The van der Waals surface area contributed by atoms with E-state index < -0.39 is 0 Å². The van der Waals surface area contributed by atoms with E-state index in [1.807, 2.05) is 0 Å². The summed E-state index contributed by atoms with van der Waals surface area (Å²) in [6.45, 7) is 17.9. The van der Waals surface area contributed by atoms with Crippen LogP contribution in [0, 0.1) is 0 Å². The lowest BCUT2D eigenvalue weighted by atomic mass is 9.85. The fourth-order valence-electron chi connectivity index (χ4n) is 1.65. The minimum absolute atomic E-state index is 0.116. The molecule has 0 radical (unpaired) electrons. The van der Waals surface area contributed by atoms with Crippen molar-refractivity contribution in [3.63, 3.8) is 0 Å². The largest absolute Gasteiger partial charge is 0.257 e. The molecule has 0 aliphatic rings. The molecule has 0 aliphatic carbocycles. The van der Waals surface area contributed by atoms with E-state index in [1.165, 1.54) is 17.0 Å². The van der Waals surface area contributed by atoms with Gasteiger partial charge in [0.25, 0.3) is 0 Å². The highest BCUT2D eigenvalue weighted by molar-refractivity contribution is 5.30. The van der Waals surface area contributed by atoms with E-state index in [-0.39, 0.29) is 10.8 Å². The summed E-state index contributed by atoms with van der Waals surface area (Å²) >= 11 is 0. The molecule has 96 valence electrons. The molecule has 0 saturated carbocycles. The maximum atomic E-state index is 4.86. The van der Waals surface area contributed by atoms with Crippen molar-refractivity contribution in [3.8, 4) is 0 Å². The van der Waals surface area contributed by atoms with Crippen LogP contribution in [0.3, 0.4) is 0 Å². The van der Waals surface area contributed by atoms with Crippen molar-refractivity contribution in [1.82, 2.24) is 4.98 Å². The summed E-state index contributed by atoms with van der Waals surface area (Å²) < 4.78 is 0. The molecule has 0 amide bonds. The highest BCUT2D eigenvalue weighted by Crippen LogP contribution is 2.29. The van der Waals surface area contributed by atoms with E-state index in [9.17, 15) is 0 Å². The molecule has 1 aromatic heterocycles. The molecule has 0 bridgehead atoms. The first-order valence-corrected chi connectivity index (χ1v) is 6.55. The number of hydrogen-bond donors (Lipinski definition) is 0. The van der Waals surface area contributed by atoms with Gasteiger partial charge in [-0.25, -0.2) is 0 Å². The minimum Gasteiger partial charge on any atom is -0.257 e. The zero-order valence-corrected chi connectivity index (χ0v) is 12.7. The molecular weight excluding hydrogens is 206 g/mol. The van der Waals surface area contributed by atoms with Crippen molar-refractivity contribution in [3.05, 3.63) is 29.1 Å². The predicted molar refractivity (Wildman–Crippen MR) is 75.7 cm³/mol. The Balaban J connectivity index is 3.40. The summed E-state index contributed by atoms with van der Waals surface area (Å²) in [4.78, 5) is 4.86. The van der Waals surface area contributed by atoms with Crippen LogP contribution >= 0.6 is 0 Å². The van der Waals surface area contributed by atoms with E-state index >= 15 is 0 Å². The molecule has 0 fully saturated rings. The Bertz CT molecular complexity index is 357. The molecule has 1 nitrogen and oxygen atoms in total. The van der Waals surface area contributed by atoms with Crippen LogP contribution in [-0.4, -0.2) is 4.98 Å². The van der Waals surface area contributed by atoms with Crippen LogP contribution in [0.15, 0.2) is 12.1 Å². The molecule has 17 heavy (non-hydrogen) atoms. The lowest BCUT2D eigenvalue weighted by Crippen LogP contribution is -2.20. The molecule has 1 rings (SSSR count). The topological polar surface area (TPSA) is 12.9 Å². The average Bonchev–Trinajstić information content (AvgIpc) is 2.14. The Labute approximate surface area is 107 Å². The molecule has 0 saturated heterocycles. The van der Waals surface area contributed by atoms with Gasteiger partial charge in [0.1, 0.15) is 0 Å². The Morgan fingerprint density at radius 1 is 0.824 bits per heavy atom. The van der Waals surface area contributed by atoms with Crippen molar-refractivity contribution >= 4 is 0 Å². The van der Waals surface area contributed by atoms with Crippen LogP contribution in [0.1, 0.15) is 78.3 Å². The van der Waals surface area contributed by atoms with Gasteiger partial charge >= 0.3 is 0 Å². The van der Waals surface area contributed by atoms with Gasteiger partial charge in [-0.3, -0.25) is 4.98 Å². The summed E-state index contributed by atoms with van der Waals surface area (Å²) in [5.74, 6) is 0.556. The monoisotopic (exact) mass is 233 g/mol. The lowest BCUT2D eigenvalue weighted by molar-refractivity contribution is 0.528. The summed E-state index contributed by atoms with van der Waals surface area (Å²) in [5.41, 5.74) is 4.03. The Hall–Kier alpha value is -0.850. The second kappa shape index (κ2) is 4.44. The number of hydrogen-bond acceptors (Lipinski definition) is 1. The quantitative estimate of drug-likeness (QED) is 0.679. The standard InChI is InChI=1S/C16H27N/c1-11(2)12-9-13(15(3,4)5)17-14(10-12)16(6,7)8/h9-11H,1-8H3. The molecule has 1 aromatic rings. The maximum Gasteiger partial charge on any atom is 0.0463 e. The normalized spacial score (nSPS) is 13.2. The zero-order valence-electron chi connectivity index (χ0n) is 12.7. The molecule has 0 spiro atoms. The third kappa shape index (κ3) is 3.55. The number of rotatable bonds is 1. The van der Waals surface area contributed by atoms with Gasteiger partial charge in [0.2, 0.25) is 0 Å². The van der Waals surface area contributed by atoms with Crippen LogP contribution < -0.4 is 0 Å². The fourth-order valence-corrected chi connectivity index (χ4v) is 1.65. The van der Waals surface area contributed by atoms with Crippen LogP contribution in [0.5, 0.6) is 0 Å². The van der Waals surface area contributed by atoms with Crippen molar-refractivity contribution in [2.24, 2.45) is 0 Å². The SMILES string of the molecule is CC(C)c1cc(C(C)(C)C)nc(C(C)(C)C)c1. The number of pyridine rings is 1. The van der Waals surface area contributed by atoms with Gasteiger partial charge in [-0.15, -0.1) is 0 Å². The molecule has 1 heterocycles. The number of aromatic nitrogens is 1. The van der Waals surface area contributed by atoms with E-state index in [1.54, 1.807) is 0 Å². The van der Waals surface area contributed by atoms with Crippen molar-refractivity contribution < 1.29 is 0 Å². The molecule has 0 unspecified atom stereocenters. The summed E-state index contributed by atoms with van der Waals surface area (Å²) in [6.07, 6.45) is 0. The van der Waals surface area contributed by atoms with E-state index in [4.69, 9.17) is 4.98 Å². The Morgan fingerprint density at radius 2 is 1.18 bits per heavy atom. The summed E-state index contributed by atoms with van der Waals surface area (Å²) in [6, 6.07) is 4.53. The first-order chi connectivity index (χ1) is 7.51. The van der Waals surface area contributed by atoms with Gasteiger partial charge < -0.3 is 0 Å². The second-order valence-electron chi connectivity index (χ2n) is 7.33. The van der Waals surface area contributed by atoms with Crippen LogP contribution in [0.2, 0.25) is 0 Å². The fraction of sp³-hybridized carbons (Fsp3) is 0.688. The summed E-state index contributed by atoms with van der Waals surface area (Å²) in [5, 5.41) is 0. The van der Waals surface area contributed by atoms with E-state index in [0.717, 1.165) is 0 Å². The molecule has 0 aliphatic heterocycles. The van der Waals surface area contributed by atoms with Gasteiger partial charge in [-0.1, -0.05) is 55.4 Å². The smallest absolute Gasteiger partial charge is 0.0463 e. The molecule has 0 atom stereocenters. The first-order valence-electron chi connectivity index (χ1n) is 6.55. The van der Waals surface area contributed by atoms with Crippen molar-refractivity contribution in [2.75, 3.05) is 0 Å². The highest BCUT2D eigenvalue weighted by Gasteiger charge is 2.22. The minimum atomic E-state index is 0.116. The Morgan fingerprint density at radius 3 is 1.41 bits per heavy atom. The molecule has 0 aromatic carbocycles. The first kappa shape index (κ1) is 14.2. The predicted octanol–water partition coefficient (Wildman–Crippen LogP) is 4.80. The van der Waals surface area contributed by atoms with E-state index in [0.29, 0.717) is 5.92 Å². The maximum absolute atomic E-state index is 4.86. The summed E-state index contributed by atoms with van der Waals surface area (Å²) in [7, 11) is 0. The van der Waals surface area contributed by atoms with Crippen molar-refractivity contribution in [2.45, 2.75) is 72.1 Å². The van der Waals surface area contributed by atoms with Crippen molar-refractivity contribution in [1.29, 1.82) is 0 Å². The van der Waals surface area contributed by atoms with Gasteiger partial charge in [-0.2, -0.15) is 0 Å². The zero-order chi connectivity index (χ0) is 13.4. The van der Waals surface area contributed by atoms with Gasteiger partial charge in [0, 0.05) is 22.2 Å². The lowest BCUT2D eigenvalue weighted by Gasteiger charge is -2.25. The third-order valence-electron chi connectivity index (χ3n) is 3.05. The van der Waals surface area contributed by atoms with Crippen LogP contribution in [0.25, 0.3) is 0 Å². The highest BCUT2D eigenvalue weighted by atomic mass is 14.7. The third-order valence-corrected chi connectivity index (χ3v) is 3.05. The van der Waals surface area contributed by atoms with Gasteiger partial charge in [0.15, 0.2) is 0 Å². The van der Waals surface area contributed by atoms with Crippen LogP contribution in [0.4, 0.5) is 0 Å². The van der Waals surface area contributed by atoms with Gasteiger partial charge in [0.05, 0.1) is 0 Å². The molecule has 0 N–H and O–H groups in total. The molecular formula is C16H27N. The molecule has 1 heteroatoms. The number of nitrogens with zero attached hydrogens (tertiary/aromatic N) is 1. The Kier molecular flexibility index (Phi) is 3.71. The van der Waals surface area contributed by atoms with E-state index in [2.05, 4.69) is 67.5 Å². The van der Waals surface area contributed by atoms with Crippen LogP contribution in [-0.2, 0) is 10.8 Å².